The van der Waals surface area contributed by atoms with Crippen molar-refractivity contribution < 1.29 is 9.18 Å². The Hall–Kier alpha value is -2.58. The standard InChI is InChI=1S/C16H9FN2OS/c17-12-6-2-1-5-10(12)15(20)11(9-18)16-19-13-7-3-4-8-14(13)21-16/h1-8,11H/t11-/m1/s1. The number of Topliss-reactive ketones (excluding diaryl/α,β-unsaturated/α-hetero) is 1. The maximum absolute atomic E-state index is 13.7. The number of rotatable bonds is 3. The maximum atomic E-state index is 13.7. The van der Waals surface area contributed by atoms with Crippen LogP contribution in [0.3, 0.4) is 0 Å². The zero-order valence-electron chi connectivity index (χ0n) is 10.8. The highest BCUT2D eigenvalue weighted by atomic mass is 32.1. The molecule has 3 rings (SSSR count). The Morgan fingerprint density at radius 1 is 1.19 bits per heavy atom. The normalized spacial score (nSPS) is 12.0. The number of carbonyl (C=O) groups excluding carboxylic acids is 1. The smallest absolute Gasteiger partial charge is 0.189 e. The Balaban J connectivity index is 2.04. The molecule has 0 saturated carbocycles. The molecule has 21 heavy (non-hydrogen) atoms. The number of hydrogen-bond donors (Lipinski definition) is 0. The van der Waals surface area contributed by atoms with Crippen molar-refractivity contribution in [1.82, 2.24) is 4.98 Å². The van der Waals surface area contributed by atoms with E-state index in [1.807, 2.05) is 30.3 Å². The maximum Gasteiger partial charge on any atom is 0.189 e. The summed E-state index contributed by atoms with van der Waals surface area (Å²) in [5.74, 6) is -2.27. The minimum Gasteiger partial charge on any atom is -0.292 e. The third kappa shape index (κ3) is 2.41. The lowest BCUT2D eigenvalue weighted by Crippen LogP contribution is -2.12. The highest BCUT2D eigenvalue weighted by Gasteiger charge is 2.27. The average Bonchev–Trinajstić information content (AvgIpc) is 2.91. The molecule has 0 fully saturated rings. The summed E-state index contributed by atoms with van der Waals surface area (Å²) in [5.41, 5.74) is 0.655. The van der Waals surface area contributed by atoms with Crippen molar-refractivity contribution in [2.24, 2.45) is 0 Å². The highest BCUT2D eigenvalue weighted by molar-refractivity contribution is 7.18. The molecule has 0 aliphatic carbocycles. The molecule has 0 unspecified atom stereocenters. The largest absolute Gasteiger partial charge is 0.292 e. The van der Waals surface area contributed by atoms with Crippen LogP contribution in [0.5, 0.6) is 0 Å². The fourth-order valence-corrected chi connectivity index (χ4v) is 3.07. The van der Waals surface area contributed by atoms with Gasteiger partial charge in [0.05, 0.1) is 21.8 Å². The zero-order chi connectivity index (χ0) is 14.8. The van der Waals surface area contributed by atoms with Gasteiger partial charge in [0.15, 0.2) is 11.7 Å². The van der Waals surface area contributed by atoms with Crippen molar-refractivity contribution >= 4 is 27.3 Å². The molecule has 102 valence electrons. The summed E-state index contributed by atoms with van der Waals surface area (Å²) in [6.45, 7) is 0. The number of ketones is 1. The van der Waals surface area contributed by atoms with Crippen LogP contribution >= 0.6 is 11.3 Å². The Morgan fingerprint density at radius 3 is 2.62 bits per heavy atom. The minimum absolute atomic E-state index is 0.0803. The summed E-state index contributed by atoms with van der Waals surface area (Å²) in [6, 6.07) is 15.0. The first-order chi connectivity index (χ1) is 10.2. The van der Waals surface area contributed by atoms with Gasteiger partial charge in [-0.05, 0) is 24.3 Å². The van der Waals surface area contributed by atoms with Crippen molar-refractivity contribution in [2.75, 3.05) is 0 Å². The summed E-state index contributed by atoms with van der Waals surface area (Å²) in [7, 11) is 0. The monoisotopic (exact) mass is 296 g/mol. The number of nitrogens with zero attached hydrogens (tertiary/aromatic N) is 2. The zero-order valence-corrected chi connectivity index (χ0v) is 11.6. The average molecular weight is 296 g/mol. The Kier molecular flexibility index (Phi) is 3.46. The van der Waals surface area contributed by atoms with Gasteiger partial charge in [0, 0.05) is 0 Å². The van der Waals surface area contributed by atoms with Gasteiger partial charge in [0.1, 0.15) is 10.8 Å². The predicted octanol–water partition coefficient (Wildman–Crippen LogP) is 3.93. The van der Waals surface area contributed by atoms with Gasteiger partial charge in [-0.2, -0.15) is 5.26 Å². The first-order valence-corrected chi connectivity index (χ1v) is 7.06. The molecular weight excluding hydrogens is 287 g/mol. The fourth-order valence-electron chi connectivity index (χ4n) is 2.06. The van der Waals surface area contributed by atoms with E-state index in [1.54, 1.807) is 6.07 Å². The lowest BCUT2D eigenvalue weighted by Gasteiger charge is -2.05. The van der Waals surface area contributed by atoms with E-state index >= 15 is 0 Å². The van der Waals surface area contributed by atoms with Crippen LogP contribution in [0.15, 0.2) is 48.5 Å². The molecule has 2 aromatic carbocycles. The third-order valence-corrected chi connectivity index (χ3v) is 4.19. The number of fused-ring (bicyclic) bond motifs is 1. The molecule has 5 heteroatoms. The molecule has 0 spiro atoms. The number of hydrogen-bond acceptors (Lipinski definition) is 4. The van der Waals surface area contributed by atoms with Crippen molar-refractivity contribution in [2.45, 2.75) is 5.92 Å². The predicted molar refractivity (Wildman–Crippen MR) is 78.7 cm³/mol. The Morgan fingerprint density at radius 2 is 1.90 bits per heavy atom. The van der Waals surface area contributed by atoms with Gasteiger partial charge >= 0.3 is 0 Å². The minimum atomic E-state index is -1.08. The molecule has 0 amide bonds. The summed E-state index contributed by atoms with van der Waals surface area (Å²) in [5, 5.41) is 9.70. The first-order valence-electron chi connectivity index (χ1n) is 6.24. The molecule has 0 N–H and O–H groups in total. The van der Waals surface area contributed by atoms with Crippen LogP contribution in [0.2, 0.25) is 0 Å². The van der Waals surface area contributed by atoms with Crippen LogP contribution in [0.1, 0.15) is 21.3 Å². The highest BCUT2D eigenvalue weighted by Crippen LogP contribution is 2.29. The number of thiazole rings is 1. The number of benzene rings is 2. The molecule has 0 saturated heterocycles. The molecule has 1 atom stereocenters. The summed E-state index contributed by atoms with van der Waals surface area (Å²) in [4.78, 5) is 16.7. The van der Waals surface area contributed by atoms with E-state index in [4.69, 9.17) is 0 Å². The van der Waals surface area contributed by atoms with Crippen molar-refractivity contribution in [3.8, 4) is 6.07 Å². The first kappa shape index (κ1) is 13.4. The molecule has 0 aliphatic heterocycles. The molecule has 3 nitrogen and oxygen atoms in total. The molecular formula is C16H9FN2OS. The van der Waals surface area contributed by atoms with Gasteiger partial charge in [-0.3, -0.25) is 4.79 Å². The quantitative estimate of drug-likeness (QED) is 0.688. The van der Waals surface area contributed by atoms with Crippen LogP contribution < -0.4 is 0 Å². The van der Waals surface area contributed by atoms with Crippen molar-refractivity contribution in [3.05, 3.63) is 64.9 Å². The van der Waals surface area contributed by atoms with Crippen LogP contribution in [0, 0.1) is 17.1 Å². The van der Waals surface area contributed by atoms with E-state index in [0.29, 0.717) is 5.01 Å². The lowest BCUT2D eigenvalue weighted by molar-refractivity contribution is 0.0975. The van der Waals surface area contributed by atoms with Crippen molar-refractivity contribution in [1.29, 1.82) is 5.26 Å². The summed E-state index contributed by atoms with van der Waals surface area (Å²) < 4.78 is 14.6. The van der Waals surface area contributed by atoms with Gasteiger partial charge in [-0.15, -0.1) is 11.3 Å². The topological polar surface area (TPSA) is 53.8 Å². The number of aromatic nitrogens is 1. The number of halogens is 1. The van der Waals surface area contributed by atoms with Gasteiger partial charge in [-0.25, -0.2) is 9.37 Å². The molecule has 0 radical (unpaired) electrons. The molecule has 0 bridgehead atoms. The van der Waals surface area contributed by atoms with E-state index in [-0.39, 0.29) is 5.56 Å². The Bertz CT molecular complexity index is 833. The molecule has 1 aromatic heterocycles. The van der Waals surface area contributed by atoms with Gasteiger partial charge in [-0.1, -0.05) is 24.3 Å². The number of nitriles is 1. The van der Waals surface area contributed by atoms with Gasteiger partial charge in [0.2, 0.25) is 0 Å². The molecule has 0 aliphatic rings. The van der Waals surface area contributed by atoms with Gasteiger partial charge < -0.3 is 0 Å². The lowest BCUT2D eigenvalue weighted by atomic mass is 9.99. The fraction of sp³-hybridized carbons (Fsp3) is 0.0625. The second-order valence-electron chi connectivity index (χ2n) is 4.43. The molecule has 3 aromatic rings. The molecule has 1 heterocycles. The van der Waals surface area contributed by atoms with E-state index < -0.39 is 17.5 Å². The van der Waals surface area contributed by atoms with Crippen LogP contribution in [-0.4, -0.2) is 10.8 Å². The summed E-state index contributed by atoms with van der Waals surface area (Å²) in [6.07, 6.45) is 0. The van der Waals surface area contributed by atoms with Crippen LogP contribution in [0.4, 0.5) is 4.39 Å². The van der Waals surface area contributed by atoms with Crippen LogP contribution in [-0.2, 0) is 0 Å². The Labute approximate surface area is 124 Å². The van der Waals surface area contributed by atoms with Gasteiger partial charge in [0.25, 0.3) is 0 Å². The second-order valence-corrected chi connectivity index (χ2v) is 5.49. The number of para-hydroxylation sites is 1. The van der Waals surface area contributed by atoms with E-state index in [2.05, 4.69) is 4.98 Å². The number of carbonyl (C=O) groups is 1. The van der Waals surface area contributed by atoms with E-state index in [0.717, 1.165) is 10.2 Å². The summed E-state index contributed by atoms with van der Waals surface area (Å²) >= 11 is 1.28. The SMILES string of the molecule is N#C[C@H](C(=O)c1ccccc1F)c1nc2ccccc2s1. The van der Waals surface area contributed by atoms with E-state index in [9.17, 15) is 14.4 Å². The van der Waals surface area contributed by atoms with E-state index in [1.165, 1.54) is 29.5 Å². The van der Waals surface area contributed by atoms with Crippen LogP contribution in [0.25, 0.3) is 10.2 Å². The second kappa shape index (κ2) is 5.43. The third-order valence-electron chi connectivity index (χ3n) is 3.09. The van der Waals surface area contributed by atoms with Crippen molar-refractivity contribution in [3.63, 3.8) is 0 Å².